The first-order chi connectivity index (χ1) is 12.5. The maximum absolute atomic E-state index is 6.06. The van der Waals surface area contributed by atoms with E-state index in [-0.39, 0.29) is 0 Å². The van der Waals surface area contributed by atoms with E-state index in [1.54, 1.807) is 31.7 Å². The van der Waals surface area contributed by atoms with E-state index in [0.29, 0.717) is 17.4 Å². The van der Waals surface area contributed by atoms with E-state index in [0.717, 1.165) is 40.9 Å². The van der Waals surface area contributed by atoms with Crippen molar-refractivity contribution in [2.75, 3.05) is 31.5 Å². The molecule has 6 nitrogen and oxygen atoms in total. The number of pyridine rings is 2. The number of fused-ring (bicyclic) bond motifs is 1. The van der Waals surface area contributed by atoms with Gasteiger partial charge in [-0.2, -0.15) is 0 Å². The zero-order chi connectivity index (χ0) is 18.7. The Bertz CT molecular complexity index is 887. The van der Waals surface area contributed by atoms with Crippen molar-refractivity contribution in [3.05, 3.63) is 35.3 Å². The number of rotatable bonds is 7. The second kappa shape index (κ2) is 7.99. The first kappa shape index (κ1) is 18.6. The van der Waals surface area contributed by atoms with E-state index >= 15 is 0 Å². The number of nitrogens with zero attached hydrogens (tertiary/aromatic N) is 3. The number of thiophene rings is 1. The summed E-state index contributed by atoms with van der Waals surface area (Å²) in [5, 5.41) is 2.57. The Morgan fingerprint density at radius 2 is 2.12 bits per heavy atom. The molecule has 3 heterocycles. The summed E-state index contributed by atoms with van der Waals surface area (Å²) in [7, 11) is 3.47. The predicted octanol–water partition coefficient (Wildman–Crippen LogP) is 3.78. The van der Waals surface area contributed by atoms with Gasteiger partial charge in [0.1, 0.15) is 4.83 Å². The van der Waals surface area contributed by atoms with Gasteiger partial charge in [0.25, 0.3) is 0 Å². The Morgan fingerprint density at radius 3 is 2.77 bits per heavy atom. The maximum Gasteiger partial charge on any atom is 0.165 e. The van der Waals surface area contributed by atoms with Gasteiger partial charge in [0, 0.05) is 42.1 Å². The number of nitrogens with two attached hydrogens (primary N) is 2. The first-order valence-corrected chi connectivity index (χ1v) is 9.48. The minimum atomic E-state index is 0.421. The molecule has 0 bridgehead atoms. The van der Waals surface area contributed by atoms with Crippen molar-refractivity contribution < 1.29 is 4.74 Å². The molecule has 138 valence electrons. The summed E-state index contributed by atoms with van der Waals surface area (Å²) in [6.07, 6.45) is 4.00. The number of hydrogen-bond acceptors (Lipinski definition) is 7. The molecule has 0 aromatic carbocycles. The average Bonchev–Trinajstić information content (AvgIpc) is 3.04. The first-order valence-electron chi connectivity index (χ1n) is 8.67. The molecule has 0 aliphatic heterocycles. The predicted molar refractivity (Wildman–Crippen MR) is 109 cm³/mol. The number of hydrogen-bond donors (Lipinski definition) is 2. The minimum Gasteiger partial charge on any atom is -0.396 e. The Balaban J connectivity index is 1.95. The van der Waals surface area contributed by atoms with Gasteiger partial charge in [0.15, 0.2) is 5.82 Å². The van der Waals surface area contributed by atoms with Crippen LogP contribution in [0.4, 0.5) is 11.5 Å². The molecular formula is C19H25N5OS. The largest absolute Gasteiger partial charge is 0.396 e. The number of methoxy groups -OCH3 is 1. The quantitative estimate of drug-likeness (QED) is 0.485. The highest BCUT2D eigenvalue weighted by Crippen LogP contribution is 2.34. The van der Waals surface area contributed by atoms with Gasteiger partial charge in [-0.1, -0.05) is 13.3 Å². The molecule has 1 unspecified atom stereocenters. The number of aromatic nitrogens is 2. The van der Waals surface area contributed by atoms with Crippen molar-refractivity contribution in [1.82, 2.24) is 9.97 Å². The molecule has 0 fully saturated rings. The van der Waals surface area contributed by atoms with E-state index in [2.05, 4.69) is 24.0 Å². The van der Waals surface area contributed by atoms with Crippen LogP contribution in [0.1, 0.15) is 30.6 Å². The van der Waals surface area contributed by atoms with Crippen LogP contribution in [0.5, 0.6) is 0 Å². The normalized spacial score (nSPS) is 12.5. The van der Waals surface area contributed by atoms with E-state index in [9.17, 15) is 0 Å². The number of ether oxygens (including phenoxy) is 1. The molecular weight excluding hydrogens is 346 g/mol. The number of nitrogen functional groups attached to an aromatic ring is 1. The molecule has 4 N–H and O–H groups in total. The van der Waals surface area contributed by atoms with Gasteiger partial charge in [0.2, 0.25) is 0 Å². The molecule has 3 rings (SSSR count). The van der Waals surface area contributed by atoms with Crippen LogP contribution in [-0.4, -0.2) is 30.7 Å². The summed E-state index contributed by atoms with van der Waals surface area (Å²) in [4.78, 5) is 11.5. The molecule has 7 heteroatoms. The van der Waals surface area contributed by atoms with Gasteiger partial charge in [0.05, 0.1) is 18.0 Å². The van der Waals surface area contributed by atoms with Gasteiger partial charge >= 0.3 is 0 Å². The molecule has 0 saturated carbocycles. The Kier molecular flexibility index (Phi) is 5.70. The molecule has 3 aromatic rings. The summed E-state index contributed by atoms with van der Waals surface area (Å²) in [5.74, 6) is 6.70. The molecule has 0 amide bonds. The van der Waals surface area contributed by atoms with Crippen molar-refractivity contribution in [2.24, 2.45) is 5.84 Å². The molecule has 0 saturated heterocycles. The van der Waals surface area contributed by atoms with Crippen molar-refractivity contribution in [3.63, 3.8) is 0 Å². The molecule has 26 heavy (non-hydrogen) atoms. The smallest absolute Gasteiger partial charge is 0.165 e. The van der Waals surface area contributed by atoms with Gasteiger partial charge in [-0.3, -0.25) is 5.01 Å². The maximum atomic E-state index is 6.06. The molecule has 0 spiro atoms. The molecule has 0 aliphatic carbocycles. The van der Waals surface area contributed by atoms with Crippen molar-refractivity contribution >= 4 is 33.1 Å². The highest BCUT2D eigenvalue weighted by Gasteiger charge is 2.15. The third-order valence-electron chi connectivity index (χ3n) is 4.33. The van der Waals surface area contributed by atoms with Crippen LogP contribution in [-0.2, 0) is 4.74 Å². The fourth-order valence-corrected chi connectivity index (χ4v) is 4.22. The standard InChI is InChI=1S/C19H25N5OS/c1-4-5-13(11-25-3)17-9-12-6-7-16(23-19(12)26-17)14-8-15(20)18(22-10-14)24(2)21/h6-10,13H,4-5,11,20-21H2,1-3H3. The van der Waals surface area contributed by atoms with Crippen LogP contribution in [0.2, 0.25) is 0 Å². The van der Waals surface area contributed by atoms with Gasteiger partial charge < -0.3 is 10.5 Å². The Morgan fingerprint density at radius 1 is 1.31 bits per heavy atom. The second-order valence-electron chi connectivity index (χ2n) is 6.43. The lowest BCUT2D eigenvalue weighted by molar-refractivity contribution is 0.176. The number of anilines is 2. The second-order valence-corrected chi connectivity index (χ2v) is 7.49. The van der Waals surface area contributed by atoms with Crippen LogP contribution in [0.25, 0.3) is 21.5 Å². The zero-order valence-electron chi connectivity index (χ0n) is 15.4. The van der Waals surface area contributed by atoms with E-state index in [1.165, 1.54) is 9.89 Å². The molecule has 0 aliphatic rings. The Hall–Kier alpha value is -2.22. The lowest BCUT2D eigenvalue weighted by atomic mass is 10.0. The Labute approximate surface area is 157 Å². The summed E-state index contributed by atoms with van der Waals surface area (Å²) < 4.78 is 5.39. The SMILES string of the molecule is CCCC(COC)c1cc2ccc(-c3cnc(N(C)N)c(N)c3)nc2s1. The molecule has 0 radical (unpaired) electrons. The molecule has 3 aromatic heterocycles. The highest BCUT2D eigenvalue weighted by atomic mass is 32.1. The van der Waals surface area contributed by atoms with Crippen LogP contribution >= 0.6 is 11.3 Å². The van der Waals surface area contributed by atoms with Crippen molar-refractivity contribution in [3.8, 4) is 11.3 Å². The lowest BCUT2D eigenvalue weighted by Crippen LogP contribution is -2.27. The van der Waals surface area contributed by atoms with Crippen LogP contribution in [0.15, 0.2) is 30.5 Å². The molecule has 1 atom stereocenters. The van der Waals surface area contributed by atoms with Gasteiger partial charge in [-0.05, 0) is 30.7 Å². The van der Waals surface area contributed by atoms with E-state index in [4.69, 9.17) is 21.3 Å². The lowest BCUT2D eigenvalue weighted by Gasteiger charge is -2.13. The summed E-state index contributed by atoms with van der Waals surface area (Å²) in [5.41, 5.74) is 8.33. The third-order valence-corrected chi connectivity index (χ3v) is 5.54. The minimum absolute atomic E-state index is 0.421. The summed E-state index contributed by atoms with van der Waals surface area (Å²) in [6, 6.07) is 8.20. The third kappa shape index (κ3) is 3.80. The monoisotopic (exact) mass is 371 g/mol. The van der Waals surface area contributed by atoms with Crippen molar-refractivity contribution in [1.29, 1.82) is 0 Å². The van der Waals surface area contributed by atoms with E-state index < -0.39 is 0 Å². The zero-order valence-corrected chi connectivity index (χ0v) is 16.2. The topological polar surface area (TPSA) is 90.3 Å². The highest BCUT2D eigenvalue weighted by molar-refractivity contribution is 7.18. The van der Waals surface area contributed by atoms with Crippen LogP contribution < -0.4 is 16.6 Å². The van der Waals surface area contributed by atoms with Gasteiger partial charge in [-0.15, -0.1) is 11.3 Å². The fraction of sp³-hybridized carbons (Fsp3) is 0.368. The van der Waals surface area contributed by atoms with Crippen LogP contribution in [0.3, 0.4) is 0 Å². The fourth-order valence-electron chi connectivity index (χ4n) is 3.07. The summed E-state index contributed by atoms with van der Waals surface area (Å²) >= 11 is 1.74. The summed E-state index contributed by atoms with van der Waals surface area (Å²) in [6.45, 7) is 2.94. The average molecular weight is 372 g/mol. The van der Waals surface area contributed by atoms with E-state index in [1.807, 2.05) is 12.1 Å². The number of hydrazine groups is 1. The van der Waals surface area contributed by atoms with Gasteiger partial charge in [-0.25, -0.2) is 15.8 Å². The van der Waals surface area contributed by atoms with Crippen LogP contribution in [0, 0.1) is 0 Å². The van der Waals surface area contributed by atoms with Crippen molar-refractivity contribution in [2.45, 2.75) is 25.7 Å².